The summed E-state index contributed by atoms with van der Waals surface area (Å²) in [6, 6.07) is 1.60. The number of hydrogen-bond acceptors (Lipinski definition) is 1. The Balaban J connectivity index is 2.02. The van der Waals surface area contributed by atoms with Crippen LogP contribution in [0.4, 0.5) is 0 Å². The summed E-state index contributed by atoms with van der Waals surface area (Å²) >= 11 is 0. The minimum Gasteiger partial charge on any atom is -0.318 e. The first-order chi connectivity index (χ1) is 6.16. The Morgan fingerprint density at radius 3 is 2.69 bits per heavy atom. The van der Waals surface area contributed by atoms with Crippen molar-refractivity contribution in [2.75, 3.05) is 6.54 Å². The molecule has 0 aliphatic carbocycles. The Hall–Kier alpha value is -0.0800. The molecule has 2 aliphatic rings. The lowest BCUT2D eigenvalue weighted by atomic mass is 9.92. The number of piperidine rings is 1. The summed E-state index contributed by atoms with van der Waals surface area (Å²) < 4.78 is 0. The first-order valence-electron chi connectivity index (χ1n) is 5.78. The minimum absolute atomic E-state index is 0.733. The molecule has 0 spiro atoms. The third-order valence-corrected chi connectivity index (χ3v) is 3.81. The molecular formula is C11H23N2+. The fourth-order valence-corrected chi connectivity index (χ4v) is 3.11. The molecule has 0 aromatic rings. The molecule has 2 heterocycles. The maximum absolute atomic E-state index is 3.73. The highest BCUT2D eigenvalue weighted by molar-refractivity contribution is 4.76. The van der Waals surface area contributed by atoms with E-state index in [0.29, 0.717) is 0 Å². The van der Waals surface area contributed by atoms with Gasteiger partial charge in [-0.25, -0.2) is 0 Å². The maximum Gasteiger partial charge on any atom is 0.141 e. The second-order valence-corrected chi connectivity index (χ2v) is 5.22. The summed E-state index contributed by atoms with van der Waals surface area (Å²) in [5.41, 5.74) is 0. The Labute approximate surface area is 81.7 Å². The fourth-order valence-electron chi connectivity index (χ4n) is 3.11. The molecule has 13 heavy (non-hydrogen) atoms. The molecule has 5 unspecified atom stereocenters. The van der Waals surface area contributed by atoms with Gasteiger partial charge in [-0.1, -0.05) is 6.92 Å². The van der Waals surface area contributed by atoms with Crippen molar-refractivity contribution in [1.29, 1.82) is 0 Å². The summed E-state index contributed by atoms with van der Waals surface area (Å²) in [7, 11) is 0. The van der Waals surface area contributed by atoms with E-state index in [1.54, 1.807) is 0 Å². The van der Waals surface area contributed by atoms with Crippen LogP contribution in [0, 0.1) is 5.92 Å². The van der Waals surface area contributed by atoms with E-state index >= 15 is 0 Å². The van der Waals surface area contributed by atoms with Crippen LogP contribution in [0.1, 0.15) is 40.0 Å². The van der Waals surface area contributed by atoms with Gasteiger partial charge < -0.3 is 4.90 Å². The normalized spacial score (nSPS) is 51.5. The third kappa shape index (κ3) is 1.89. The van der Waals surface area contributed by atoms with Gasteiger partial charge in [0.1, 0.15) is 6.17 Å². The van der Waals surface area contributed by atoms with Gasteiger partial charge in [0.25, 0.3) is 0 Å². The maximum atomic E-state index is 3.73. The molecule has 2 aliphatic heterocycles. The van der Waals surface area contributed by atoms with Crippen LogP contribution in [0.15, 0.2) is 0 Å². The van der Waals surface area contributed by atoms with Crippen LogP contribution >= 0.6 is 0 Å². The zero-order valence-electron chi connectivity index (χ0n) is 9.14. The van der Waals surface area contributed by atoms with Crippen LogP contribution < -0.4 is 10.2 Å². The molecule has 2 heteroatoms. The van der Waals surface area contributed by atoms with Crippen LogP contribution in [-0.4, -0.2) is 24.8 Å². The van der Waals surface area contributed by atoms with Gasteiger partial charge >= 0.3 is 0 Å². The first-order valence-corrected chi connectivity index (χ1v) is 5.78. The van der Waals surface area contributed by atoms with Crippen LogP contribution in [0.5, 0.6) is 0 Å². The van der Waals surface area contributed by atoms with Crippen LogP contribution in [0.2, 0.25) is 0 Å². The minimum atomic E-state index is 0.733. The van der Waals surface area contributed by atoms with Crippen LogP contribution in [0.25, 0.3) is 0 Å². The molecule has 0 amide bonds. The summed E-state index contributed by atoms with van der Waals surface area (Å²) in [4.78, 5) is 1.82. The van der Waals surface area contributed by atoms with Gasteiger partial charge in [0.2, 0.25) is 0 Å². The lowest BCUT2D eigenvalue weighted by molar-refractivity contribution is -0.965. The quantitative estimate of drug-likeness (QED) is 0.556. The van der Waals surface area contributed by atoms with E-state index in [1.165, 1.54) is 25.8 Å². The van der Waals surface area contributed by atoms with E-state index < -0.39 is 0 Å². The predicted molar refractivity (Wildman–Crippen MR) is 54.7 cm³/mol. The van der Waals surface area contributed by atoms with Gasteiger partial charge in [-0.05, 0) is 20.3 Å². The van der Waals surface area contributed by atoms with E-state index in [2.05, 4.69) is 26.1 Å². The average molecular weight is 183 g/mol. The molecule has 0 radical (unpaired) electrons. The fraction of sp³-hybridized carbons (Fsp3) is 1.00. The summed E-state index contributed by atoms with van der Waals surface area (Å²) in [5.74, 6) is 0.934. The van der Waals surface area contributed by atoms with Gasteiger partial charge in [-0.15, -0.1) is 0 Å². The predicted octanol–water partition coefficient (Wildman–Crippen LogP) is 0.398. The third-order valence-electron chi connectivity index (χ3n) is 3.81. The second kappa shape index (κ2) is 3.58. The van der Waals surface area contributed by atoms with Crippen molar-refractivity contribution in [3.63, 3.8) is 0 Å². The number of fused-ring (bicyclic) bond motifs is 1. The van der Waals surface area contributed by atoms with E-state index in [9.17, 15) is 0 Å². The van der Waals surface area contributed by atoms with Crippen molar-refractivity contribution in [1.82, 2.24) is 5.32 Å². The highest BCUT2D eigenvalue weighted by Gasteiger charge is 2.38. The zero-order chi connectivity index (χ0) is 9.42. The highest BCUT2D eigenvalue weighted by Crippen LogP contribution is 2.13. The Morgan fingerprint density at radius 2 is 1.92 bits per heavy atom. The summed E-state index contributed by atoms with van der Waals surface area (Å²) in [6.45, 7) is 8.52. The van der Waals surface area contributed by atoms with Crippen LogP contribution in [0.3, 0.4) is 0 Å². The molecule has 2 rings (SSSR count). The van der Waals surface area contributed by atoms with Crippen molar-refractivity contribution in [3.05, 3.63) is 0 Å². The molecule has 2 nitrogen and oxygen atoms in total. The number of quaternary nitrogens is 1. The van der Waals surface area contributed by atoms with E-state index in [4.69, 9.17) is 0 Å². The number of rotatable bonds is 0. The van der Waals surface area contributed by atoms with Crippen molar-refractivity contribution in [2.45, 2.75) is 58.3 Å². The summed E-state index contributed by atoms with van der Waals surface area (Å²) in [5, 5.41) is 3.73. The molecule has 2 N–H and O–H groups in total. The van der Waals surface area contributed by atoms with Gasteiger partial charge in [0, 0.05) is 24.8 Å². The molecule has 0 saturated carbocycles. The molecule has 2 fully saturated rings. The lowest BCUT2D eigenvalue weighted by Crippen LogP contribution is -3.23. The lowest BCUT2D eigenvalue weighted by Gasteiger charge is -2.45. The van der Waals surface area contributed by atoms with Crippen molar-refractivity contribution in [3.8, 4) is 0 Å². The zero-order valence-corrected chi connectivity index (χ0v) is 9.14. The smallest absolute Gasteiger partial charge is 0.141 e. The van der Waals surface area contributed by atoms with Crippen molar-refractivity contribution < 1.29 is 4.90 Å². The average Bonchev–Trinajstić information content (AvgIpc) is 2.06. The van der Waals surface area contributed by atoms with E-state index in [1.807, 2.05) is 4.90 Å². The molecule has 5 atom stereocenters. The molecular weight excluding hydrogens is 160 g/mol. The number of hydrogen-bond donors (Lipinski definition) is 2. The second-order valence-electron chi connectivity index (χ2n) is 5.22. The molecule has 76 valence electrons. The molecule has 0 aromatic heterocycles. The monoisotopic (exact) mass is 183 g/mol. The molecule has 2 saturated heterocycles. The van der Waals surface area contributed by atoms with Gasteiger partial charge in [0.05, 0.1) is 12.6 Å². The largest absolute Gasteiger partial charge is 0.318 e. The van der Waals surface area contributed by atoms with E-state index in [0.717, 1.165) is 24.2 Å². The SMILES string of the molecule is CC1CCC2NC(C)CC(C)[NH+]2C1. The standard InChI is InChI=1S/C11H22N2/c1-8-4-5-11-12-9(2)6-10(3)13(11)7-8/h8-12H,4-7H2,1-3H3/p+1. The van der Waals surface area contributed by atoms with E-state index in [-0.39, 0.29) is 0 Å². The van der Waals surface area contributed by atoms with Gasteiger partial charge in [-0.2, -0.15) is 0 Å². The Morgan fingerprint density at radius 1 is 1.15 bits per heavy atom. The Kier molecular flexibility index (Phi) is 2.61. The van der Waals surface area contributed by atoms with Crippen molar-refractivity contribution >= 4 is 0 Å². The van der Waals surface area contributed by atoms with Gasteiger partial charge in [-0.3, -0.25) is 5.32 Å². The summed E-state index contributed by atoms with van der Waals surface area (Å²) in [6.07, 6.45) is 4.90. The van der Waals surface area contributed by atoms with Crippen molar-refractivity contribution in [2.24, 2.45) is 5.92 Å². The molecule has 0 bridgehead atoms. The first kappa shape index (κ1) is 9.47. The topological polar surface area (TPSA) is 16.5 Å². The van der Waals surface area contributed by atoms with Gasteiger partial charge in [0.15, 0.2) is 0 Å². The number of nitrogens with one attached hydrogen (secondary N) is 2. The van der Waals surface area contributed by atoms with Crippen LogP contribution in [-0.2, 0) is 0 Å². The highest BCUT2D eigenvalue weighted by atomic mass is 15.3. The Bertz CT molecular complexity index is 181. The molecule has 0 aromatic carbocycles.